The van der Waals surface area contributed by atoms with Crippen LogP contribution in [-0.4, -0.2) is 59.8 Å². The van der Waals surface area contributed by atoms with Gasteiger partial charge in [0.2, 0.25) is 0 Å². The molecule has 10 heteroatoms. The molecule has 0 saturated heterocycles. The SMILES string of the molecule is CCC(CC)(c1ccc(OCC(O)C(C)(C)C)c(C)c1)c1ccc(-c2ccc(CC(=O)O)c(F)c2)c(C)c1.CCC(CC)(c1ccc(OCC(O)C(C)(C)C)c(C)c1)c1ccc(-c2ccc(CC(=O)OC)c(F)c2)c(C)c1. The number of aliphatic carboxylic acids is 1. The first-order chi connectivity index (χ1) is 36.2. The molecule has 0 aromatic heterocycles. The van der Waals surface area contributed by atoms with Crippen molar-refractivity contribution in [2.75, 3.05) is 20.3 Å². The van der Waals surface area contributed by atoms with Crippen molar-refractivity contribution in [1.82, 2.24) is 0 Å². The van der Waals surface area contributed by atoms with Crippen LogP contribution in [0.3, 0.4) is 0 Å². The third-order valence-corrected chi connectivity index (χ3v) is 15.9. The molecule has 0 aliphatic heterocycles. The molecule has 0 saturated carbocycles. The van der Waals surface area contributed by atoms with Gasteiger partial charge in [0, 0.05) is 10.8 Å². The number of methoxy groups -OCH3 is 1. The molecule has 6 aromatic rings. The van der Waals surface area contributed by atoms with Gasteiger partial charge in [0.05, 0.1) is 32.2 Å². The van der Waals surface area contributed by atoms with Gasteiger partial charge < -0.3 is 29.5 Å². The minimum absolute atomic E-state index is 0.0868. The smallest absolute Gasteiger partial charge is 0.310 e. The summed E-state index contributed by atoms with van der Waals surface area (Å²) in [5.41, 5.74) is 12.0. The second kappa shape index (κ2) is 25.9. The largest absolute Gasteiger partial charge is 0.491 e. The topological polar surface area (TPSA) is 123 Å². The first kappa shape index (κ1) is 61.5. The molecule has 8 nitrogen and oxygen atoms in total. The molecule has 0 spiro atoms. The van der Waals surface area contributed by atoms with Crippen LogP contribution in [0.4, 0.5) is 8.78 Å². The Morgan fingerprint density at radius 1 is 0.494 bits per heavy atom. The van der Waals surface area contributed by atoms with Gasteiger partial charge in [0.1, 0.15) is 36.3 Å². The Labute approximate surface area is 457 Å². The van der Waals surface area contributed by atoms with Crippen LogP contribution in [0.2, 0.25) is 0 Å². The fourth-order valence-corrected chi connectivity index (χ4v) is 10.2. The number of esters is 1. The fourth-order valence-electron chi connectivity index (χ4n) is 10.2. The van der Waals surface area contributed by atoms with Crippen LogP contribution in [0.25, 0.3) is 22.3 Å². The highest BCUT2D eigenvalue weighted by Crippen LogP contribution is 2.44. The lowest BCUT2D eigenvalue weighted by Gasteiger charge is -2.34. The van der Waals surface area contributed by atoms with E-state index in [1.165, 1.54) is 41.5 Å². The standard InChI is InChI=1S/C34H43FO4.C33H41FO4/c1-9-34(10-2,27-14-16-30(23(4)18-27)39-21-31(36)33(5,6)7)26-13-15-28(22(3)17-26)24-11-12-25(29(35)19-24)20-32(37)38-8;1-8-33(9-2,26-13-15-29(22(4)17-26)38-20-30(35)32(5,6)7)25-12-14-27(21(3)16-25)23-10-11-24(19-31(36)37)28(34)18-23/h11-19,31,36H,9-10,20-21H2,1-8H3;10-18,30,35H,8-9,19-20H2,1-7H3,(H,36,37). The zero-order chi connectivity index (χ0) is 57.2. The molecule has 414 valence electrons. The zero-order valence-corrected chi connectivity index (χ0v) is 48.3. The number of aliphatic hydroxyl groups excluding tert-OH is 2. The van der Waals surface area contributed by atoms with Crippen molar-refractivity contribution in [3.63, 3.8) is 0 Å². The summed E-state index contributed by atoms with van der Waals surface area (Å²) < 4.78 is 46.0. The van der Waals surface area contributed by atoms with Crippen LogP contribution >= 0.6 is 0 Å². The van der Waals surface area contributed by atoms with E-state index in [0.717, 1.165) is 81.7 Å². The molecular weight excluding hydrogens is 971 g/mol. The lowest BCUT2D eigenvalue weighted by molar-refractivity contribution is -0.140. The number of aryl methyl sites for hydroxylation is 4. The number of carbonyl (C=O) groups excluding carboxylic acids is 1. The van der Waals surface area contributed by atoms with Crippen LogP contribution < -0.4 is 9.47 Å². The van der Waals surface area contributed by atoms with E-state index < -0.39 is 35.8 Å². The van der Waals surface area contributed by atoms with Gasteiger partial charge in [-0.3, -0.25) is 9.59 Å². The number of aliphatic hydroxyl groups is 2. The summed E-state index contributed by atoms with van der Waals surface area (Å²) in [6.07, 6.45) is 2.11. The van der Waals surface area contributed by atoms with E-state index in [2.05, 4.69) is 94.0 Å². The normalized spacial score (nSPS) is 12.8. The van der Waals surface area contributed by atoms with Gasteiger partial charge in [-0.15, -0.1) is 0 Å². The number of hydrogen-bond donors (Lipinski definition) is 3. The van der Waals surface area contributed by atoms with Gasteiger partial charge in [0.15, 0.2) is 0 Å². The Hall–Kier alpha value is -6.36. The molecule has 2 unspecified atom stereocenters. The molecular formula is C67H84F2O8. The van der Waals surface area contributed by atoms with Crippen LogP contribution in [0, 0.1) is 50.2 Å². The Morgan fingerprint density at radius 2 is 0.831 bits per heavy atom. The van der Waals surface area contributed by atoms with E-state index in [9.17, 15) is 28.6 Å². The maximum absolute atomic E-state index is 14.8. The summed E-state index contributed by atoms with van der Waals surface area (Å²) in [5, 5.41) is 29.8. The maximum Gasteiger partial charge on any atom is 0.310 e. The molecule has 3 N–H and O–H groups in total. The molecule has 0 heterocycles. The van der Waals surface area contributed by atoms with Gasteiger partial charge in [-0.25, -0.2) is 8.78 Å². The van der Waals surface area contributed by atoms with Crippen LogP contribution in [0.15, 0.2) is 109 Å². The number of carboxylic acids is 1. The lowest BCUT2D eigenvalue weighted by atomic mass is 9.69. The number of hydrogen-bond acceptors (Lipinski definition) is 7. The predicted molar refractivity (Wildman–Crippen MR) is 307 cm³/mol. The second-order valence-electron chi connectivity index (χ2n) is 22.9. The van der Waals surface area contributed by atoms with Crippen molar-refractivity contribution in [2.24, 2.45) is 10.8 Å². The number of rotatable bonds is 20. The summed E-state index contributed by atoms with van der Waals surface area (Å²) in [6.45, 7) is 29.4. The van der Waals surface area contributed by atoms with E-state index in [1.807, 2.05) is 86.6 Å². The first-order valence-corrected chi connectivity index (χ1v) is 27.1. The molecule has 0 aliphatic carbocycles. The molecule has 0 fully saturated rings. The third kappa shape index (κ3) is 14.6. The maximum atomic E-state index is 14.8. The van der Waals surface area contributed by atoms with E-state index in [-0.39, 0.29) is 53.3 Å². The van der Waals surface area contributed by atoms with E-state index in [0.29, 0.717) is 5.56 Å². The summed E-state index contributed by atoms with van der Waals surface area (Å²) >= 11 is 0. The molecule has 6 rings (SSSR count). The van der Waals surface area contributed by atoms with Gasteiger partial charge in [0.25, 0.3) is 0 Å². The minimum Gasteiger partial charge on any atom is -0.491 e. The first-order valence-electron chi connectivity index (χ1n) is 27.1. The van der Waals surface area contributed by atoms with Crippen molar-refractivity contribution in [1.29, 1.82) is 0 Å². The molecule has 0 aliphatic rings. The lowest BCUT2D eigenvalue weighted by Crippen LogP contribution is -2.32. The Morgan fingerprint density at radius 3 is 1.12 bits per heavy atom. The molecule has 0 bridgehead atoms. The van der Waals surface area contributed by atoms with Crippen molar-refractivity contribution in [3.05, 3.63) is 176 Å². The van der Waals surface area contributed by atoms with Gasteiger partial charge in [-0.05, 0) is 166 Å². The summed E-state index contributed by atoms with van der Waals surface area (Å²) in [6, 6.07) is 35.2. The molecule has 0 amide bonds. The molecule has 77 heavy (non-hydrogen) atoms. The average Bonchev–Trinajstić information content (AvgIpc) is 3.38. The van der Waals surface area contributed by atoms with Crippen molar-refractivity contribution in [3.8, 4) is 33.8 Å². The zero-order valence-electron chi connectivity index (χ0n) is 48.3. The number of carboxylic acid groups (broad SMARTS) is 1. The highest BCUT2D eigenvalue weighted by Gasteiger charge is 2.34. The van der Waals surface area contributed by atoms with Gasteiger partial charge in [-0.1, -0.05) is 154 Å². The number of carbonyl (C=O) groups is 2. The van der Waals surface area contributed by atoms with Crippen molar-refractivity contribution >= 4 is 11.9 Å². The highest BCUT2D eigenvalue weighted by atomic mass is 19.1. The average molecular weight is 1060 g/mol. The van der Waals surface area contributed by atoms with Crippen LogP contribution in [0.5, 0.6) is 11.5 Å². The quantitative estimate of drug-likeness (QED) is 0.0646. The molecule has 6 aromatic carbocycles. The third-order valence-electron chi connectivity index (χ3n) is 15.9. The second-order valence-corrected chi connectivity index (χ2v) is 22.9. The van der Waals surface area contributed by atoms with Gasteiger partial charge >= 0.3 is 11.9 Å². The van der Waals surface area contributed by atoms with Crippen LogP contribution in [0.1, 0.15) is 151 Å². The van der Waals surface area contributed by atoms with Crippen molar-refractivity contribution < 1.29 is 47.9 Å². The van der Waals surface area contributed by atoms with E-state index in [1.54, 1.807) is 18.2 Å². The number of benzene rings is 6. The highest BCUT2D eigenvalue weighted by molar-refractivity contribution is 5.75. The Balaban J connectivity index is 0.000000284. The Kier molecular flexibility index (Phi) is 20.7. The number of ether oxygens (including phenoxy) is 3. The van der Waals surface area contributed by atoms with Crippen molar-refractivity contribution in [2.45, 2.75) is 158 Å². The molecule has 2 atom stereocenters. The summed E-state index contributed by atoms with van der Waals surface area (Å²) in [7, 11) is 1.30. The summed E-state index contributed by atoms with van der Waals surface area (Å²) in [5.74, 6) is -0.867. The number of halogens is 2. The van der Waals surface area contributed by atoms with E-state index in [4.69, 9.17) is 14.6 Å². The fraction of sp³-hybridized carbons (Fsp3) is 0.433. The summed E-state index contributed by atoms with van der Waals surface area (Å²) in [4.78, 5) is 22.6. The Bertz CT molecular complexity index is 2990. The van der Waals surface area contributed by atoms with Gasteiger partial charge in [-0.2, -0.15) is 0 Å². The monoisotopic (exact) mass is 1050 g/mol. The minimum atomic E-state index is -1.05. The predicted octanol–water partition coefficient (Wildman–Crippen LogP) is 15.3. The molecule has 0 radical (unpaired) electrons. The van der Waals surface area contributed by atoms with E-state index >= 15 is 0 Å². The van der Waals surface area contributed by atoms with Crippen LogP contribution in [-0.2, 0) is 38.0 Å².